The molecule has 82 valence electrons. The van der Waals surface area contributed by atoms with Crippen LogP contribution in [0.3, 0.4) is 0 Å². The lowest BCUT2D eigenvalue weighted by Gasteiger charge is -2.12. The quantitative estimate of drug-likeness (QED) is 0.401. The Labute approximate surface area is 91.3 Å². The Kier molecular flexibility index (Phi) is 3.62. The highest BCUT2D eigenvalue weighted by Gasteiger charge is 2.33. The van der Waals surface area contributed by atoms with Crippen molar-refractivity contribution in [2.45, 2.75) is 26.7 Å². The van der Waals surface area contributed by atoms with Crippen LogP contribution >= 0.6 is 11.9 Å². The Balaban J connectivity index is 2.62. The molecular weight excluding hydrogens is 218 g/mol. The molecule has 0 spiro atoms. The molecule has 0 unspecified atom stereocenters. The van der Waals surface area contributed by atoms with Crippen LogP contribution in [0.25, 0.3) is 0 Å². The van der Waals surface area contributed by atoms with E-state index in [0.29, 0.717) is 11.9 Å². The Morgan fingerprint density at radius 2 is 1.73 bits per heavy atom. The monoisotopic (exact) mass is 229 g/mol. The minimum absolute atomic E-state index is 0.146. The predicted molar refractivity (Wildman–Crippen MR) is 53.5 cm³/mol. The van der Waals surface area contributed by atoms with Crippen LogP contribution in [0, 0.1) is 5.92 Å². The predicted octanol–water partition coefficient (Wildman–Crippen LogP) is 0.535. The van der Waals surface area contributed by atoms with E-state index in [1.807, 2.05) is 0 Å². The van der Waals surface area contributed by atoms with Crippen molar-refractivity contribution < 1.29 is 19.2 Å². The molecule has 0 bridgehead atoms. The summed E-state index contributed by atoms with van der Waals surface area (Å²) in [7, 11) is 0. The lowest BCUT2D eigenvalue weighted by molar-refractivity contribution is -0.133. The lowest BCUT2D eigenvalue weighted by atomic mass is 10.1. The molecule has 1 saturated heterocycles. The van der Waals surface area contributed by atoms with Crippen molar-refractivity contribution in [1.82, 2.24) is 4.31 Å². The Hall–Kier alpha value is -1.17. The summed E-state index contributed by atoms with van der Waals surface area (Å²) in [5, 5.41) is -0.467. The van der Waals surface area contributed by atoms with E-state index in [2.05, 4.69) is 0 Å². The second-order valence-electron chi connectivity index (χ2n) is 3.32. The van der Waals surface area contributed by atoms with Crippen LogP contribution in [0.5, 0.6) is 0 Å². The summed E-state index contributed by atoms with van der Waals surface area (Å²) >= 11 is 0.534. The largest absolute Gasteiger partial charge is 0.299 e. The zero-order valence-corrected chi connectivity index (χ0v) is 9.30. The molecule has 1 atom stereocenters. The van der Waals surface area contributed by atoms with E-state index < -0.39 is 11.0 Å². The van der Waals surface area contributed by atoms with Crippen molar-refractivity contribution >= 4 is 34.7 Å². The molecule has 1 aliphatic heterocycles. The zero-order valence-electron chi connectivity index (χ0n) is 8.48. The summed E-state index contributed by atoms with van der Waals surface area (Å²) in [6.07, 6.45) is 0.293. The standard InChI is InChI=1S/C9H11NO4S/c1-5(6(2)11)9(14)15-10-7(12)3-4-8(10)13/h5H,3-4H2,1-2H3/t5-/m0/s1. The van der Waals surface area contributed by atoms with E-state index in [0.717, 1.165) is 4.31 Å². The number of hydrogen-bond donors (Lipinski definition) is 0. The molecule has 0 aliphatic carbocycles. The van der Waals surface area contributed by atoms with Gasteiger partial charge < -0.3 is 0 Å². The smallest absolute Gasteiger partial charge is 0.240 e. The number of nitrogens with zero attached hydrogens (tertiary/aromatic N) is 1. The molecule has 0 radical (unpaired) electrons. The maximum Gasteiger partial charge on any atom is 0.240 e. The van der Waals surface area contributed by atoms with E-state index in [1.165, 1.54) is 13.8 Å². The van der Waals surface area contributed by atoms with Crippen molar-refractivity contribution in [1.29, 1.82) is 0 Å². The number of carbonyl (C=O) groups excluding carboxylic acids is 4. The first kappa shape index (κ1) is 11.9. The third kappa shape index (κ3) is 2.65. The minimum Gasteiger partial charge on any atom is -0.299 e. The number of rotatable bonds is 3. The van der Waals surface area contributed by atoms with Gasteiger partial charge >= 0.3 is 0 Å². The molecule has 1 aliphatic rings. The molecule has 0 aromatic rings. The van der Waals surface area contributed by atoms with Gasteiger partial charge in [-0.25, -0.2) is 4.31 Å². The normalized spacial score (nSPS) is 18.1. The van der Waals surface area contributed by atoms with Gasteiger partial charge in [0.2, 0.25) is 16.9 Å². The van der Waals surface area contributed by atoms with E-state index in [1.54, 1.807) is 0 Å². The van der Waals surface area contributed by atoms with Crippen LogP contribution in [-0.2, 0) is 19.2 Å². The van der Waals surface area contributed by atoms with Crippen molar-refractivity contribution in [2.75, 3.05) is 0 Å². The number of ketones is 1. The summed E-state index contributed by atoms with van der Waals surface area (Å²) in [5.74, 6) is -1.79. The zero-order chi connectivity index (χ0) is 11.6. The highest BCUT2D eigenvalue weighted by molar-refractivity contribution is 8.12. The molecular formula is C9H11NO4S. The van der Waals surface area contributed by atoms with Gasteiger partial charge in [0.15, 0.2) is 0 Å². The summed E-state index contributed by atoms with van der Waals surface area (Å²) in [4.78, 5) is 44.6. The van der Waals surface area contributed by atoms with Crippen LogP contribution in [-0.4, -0.2) is 27.0 Å². The van der Waals surface area contributed by atoms with Gasteiger partial charge in [0, 0.05) is 24.8 Å². The van der Waals surface area contributed by atoms with Crippen LogP contribution in [0.15, 0.2) is 0 Å². The van der Waals surface area contributed by atoms with Crippen LogP contribution in [0.1, 0.15) is 26.7 Å². The number of imide groups is 1. The maximum atomic E-state index is 11.4. The topological polar surface area (TPSA) is 71.5 Å². The summed E-state index contributed by atoms with van der Waals surface area (Å²) in [6.45, 7) is 2.76. The van der Waals surface area contributed by atoms with Crippen molar-refractivity contribution in [3.8, 4) is 0 Å². The summed E-state index contributed by atoms with van der Waals surface area (Å²) < 4.78 is 0.849. The molecule has 5 nitrogen and oxygen atoms in total. The first-order valence-electron chi connectivity index (χ1n) is 4.51. The molecule has 1 fully saturated rings. The Bertz CT molecular complexity index is 323. The first-order chi connectivity index (χ1) is 6.93. The number of amides is 2. The van der Waals surface area contributed by atoms with Crippen molar-refractivity contribution in [3.63, 3.8) is 0 Å². The van der Waals surface area contributed by atoms with Gasteiger partial charge in [0.1, 0.15) is 5.78 Å². The number of hydrogen-bond acceptors (Lipinski definition) is 5. The van der Waals surface area contributed by atoms with E-state index in [-0.39, 0.29) is 30.4 Å². The van der Waals surface area contributed by atoms with Crippen LogP contribution in [0.2, 0.25) is 0 Å². The summed E-state index contributed by atoms with van der Waals surface area (Å²) in [6, 6.07) is 0. The molecule has 1 heterocycles. The van der Waals surface area contributed by atoms with Crippen molar-refractivity contribution in [3.05, 3.63) is 0 Å². The van der Waals surface area contributed by atoms with Gasteiger partial charge in [-0.15, -0.1) is 0 Å². The van der Waals surface area contributed by atoms with Gasteiger partial charge in [-0.2, -0.15) is 0 Å². The molecule has 2 amide bonds. The first-order valence-corrected chi connectivity index (χ1v) is 5.29. The second-order valence-corrected chi connectivity index (χ2v) is 4.27. The van der Waals surface area contributed by atoms with E-state index >= 15 is 0 Å². The average molecular weight is 229 g/mol. The molecule has 0 saturated carbocycles. The van der Waals surface area contributed by atoms with E-state index in [9.17, 15) is 19.2 Å². The lowest BCUT2D eigenvalue weighted by Crippen LogP contribution is -2.27. The molecule has 0 aromatic carbocycles. The number of Topliss-reactive ketones (excluding diaryl/α,β-unsaturated/α-hetero) is 1. The van der Waals surface area contributed by atoms with Crippen LogP contribution < -0.4 is 0 Å². The fraction of sp³-hybridized carbons (Fsp3) is 0.556. The average Bonchev–Trinajstić information content (AvgIpc) is 2.47. The highest BCUT2D eigenvalue weighted by Crippen LogP contribution is 2.24. The molecule has 1 rings (SSSR count). The third-order valence-electron chi connectivity index (χ3n) is 2.15. The fourth-order valence-corrected chi connectivity index (χ4v) is 1.88. The van der Waals surface area contributed by atoms with Gasteiger partial charge in [-0.05, 0) is 13.8 Å². The highest BCUT2D eigenvalue weighted by atomic mass is 32.2. The Morgan fingerprint density at radius 3 is 2.13 bits per heavy atom. The second kappa shape index (κ2) is 4.57. The van der Waals surface area contributed by atoms with E-state index in [4.69, 9.17) is 0 Å². The molecule has 15 heavy (non-hydrogen) atoms. The number of carbonyl (C=O) groups is 4. The van der Waals surface area contributed by atoms with Gasteiger partial charge in [0.25, 0.3) is 0 Å². The van der Waals surface area contributed by atoms with Gasteiger partial charge in [-0.1, -0.05) is 0 Å². The fourth-order valence-electron chi connectivity index (χ4n) is 0.993. The SMILES string of the molecule is CC(=O)[C@H](C)C(=O)SN1C(=O)CCC1=O. The Morgan fingerprint density at radius 1 is 1.27 bits per heavy atom. The van der Waals surface area contributed by atoms with Crippen molar-refractivity contribution in [2.24, 2.45) is 5.92 Å². The molecule has 6 heteroatoms. The van der Waals surface area contributed by atoms with Gasteiger partial charge in [-0.3, -0.25) is 19.2 Å². The molecule has 0 N–H and O–H groups in total. The maximum absolute atomic E-state index is 11.4. The van der Waals surface area contributed by atoms with Crippen LogP contribution in [0.4, 0.5) is 0 Å². The minimum atomic E-state index is -0.781. The third-order valence-corrected chi connectivity index (χ3v) is 3.27. The molecule has 0 aromatic heterocycles. The van der Waals surface area contributed by atoms with Gasteiger partial charge in [0.05, 0.1) is 5.92 Å². The summed E-state index contributed by atoms with van der Waals surface area (Å²) in [5.41, 5.74) is 0.